The molecule has 1 aromatic carbocycles. The number of nitrogens with zero attached hydrogens (tertiary/aromatic N) is 2. The van der Waals surface area contributed by atoms with Gasteiger partial charge in [0.05, 0.1) is 17.9 Å². The number of aryl methyl sites for hydroxylation is 1. The summed E-state index contributed by atoms with van der Waals surface area (Å²) in [6, 6.07) is 1.68. The van der Waals surface area contributed by atoms with Crippen molar-refractivity contribution < 1.29 is 36.6 Å². The standard InChI is InChI=1S/C15H13F6N3O2/c1-7-4-8(14(16,17)18)5-11(26)12(7)10-6-9(15(19,20)21)13(24-23-10)22-2-3-25/h4-6,25-26H,2-3H2,1H3,(H,22,24). The summed E-state index contributed by atoms with van der Waals surface area (Å²) in [6.45, 7) is 0.554. The minimum absolute atomic E-state index is 0.115. The molecule has 142 valence electrons. The molecule has 11 heteroatoms. The first kappa shape index (κ1) is 19.8. The lowest BCUT2D eigenvalue weighted by molar-refractivity contribution is -0.138. The zero-order chi connectivity index (χ0) is 19.7. The maximum Gasteiger partial charge on any atom is 0.420 e. The van der Waals surface area contributed by atoms with Crippen LogP contribution in [0.5, 0.6) is 5.75 Å². The van der Waals surface area contributed by atoms with Crippen molar-refractivity contribution in [1.82, 2.24) is 10.2 Å². The van der Waals surface area contributed by atoms with Crippen molar-refractivity contribution in [3.8, 4) is 17.0 Å². The first-order chi connectivity index (χ1) is 11.9. The van der Waals surface area contributed by atoms with Crippen LogP contribution in [0.25, 0.3) is 11.3 Å². The van der Waals surface area contributed by atoms with Gasteiger partial charge in [-0.3, -0.25) is 0 Å². The quantitative estimate of drug-likeness (QED) is 0.706. The molecule has 5 nitrogen and oxygen atoms in total. The summed E-state index contributed by atoms with van der Waals surface area (Å²) < 4.78 is 77.9. The van der Waals surface area contributed by atoms with Gasteiger partial charge in [0, 0.05) is 12.1 Å². The Balaban J connectivity index is 2.59. The number of benzene rings is 1. The van der Waals surface area contributed by atoms with Crippen LogP contribution in [0.2, 0.25) is 0 Å². The number of aliphatic hydroxyl groups excluding tert-OH is 1. The number of alkyl halides is 6. The fraction of sp³-hybridized carbons (Fsp3) is 0.333. The maximum atomic E-state index is 13.2. The average Bonchev–Trinajstić information content (AvgIpc) is 2.51. The number of hydrogen-bond acceptors (Lipinski definition) is 5. The molecular formula is C15H13F6N3O2. The van der Waals surface area contributed by atoms with Crippen LogP contribution < -0.4 is 5.32 Å². The lowest BCUT2D eigenvalue weighted by Crippen LogP contribution is -2.16. The van der Waals surface area contributed by atoms with Gasteiger partial charge in [-0.2, -0.15) is 26.3 Å². The number of halogens is 6. The highest BCUT2D eigenvalue weighted by Gasteiger charge is 2.36. The number of aromatic hydroxyl groups is 1. The third kappa shape index (κ3) is 4.15. The molecule has 0 radical (unpaired) electrons. The van der Waals surface area contributed by atoms with E-state index in [0.29, 0.717) is 18.2 Å². The highest BCUT2D eigenvalue weighted by Crippen LogP contribution is 2.41. The maximum absolute atomic E-state index is 13.2. The van der Waals surface area contributed by atoms with E-state index >= 15 is 0 Å². The molecule has 0 spiro atoms. The number of nitrogens with one attached hydrogen (secondary N) is 1. The van der Waals surface area contributed by atoms with Gasteiger partial charge < -0.3 is 15.5 Å². The first-order valence-corrected chi connectivity index (χ1v) is 7.16. The first-order valence-electron chi connectivity index (χ1n) is 7.16. The Morgan fingerprint density at radius 3 is 2.15 bits per heavy atom. The third-order valence-electron chi connectivity index (χ3n) is 3.40. The molecule has 0 bridgehead atoms. The van der Waals surface area contributed by atoms with E-state index in [0.717, 1.165) is 0 Å². The summed E-state index contributed by atoms with van der Waals surface area (Å²) in [4.78, 5) is 0. The Morgan fingerprint density at radius 2 is 1.65 bits per heavy atom. The van der Waals surface area contributed by atoms with Crippen molar-refractivity contribution >= 4 is 5.82 Å². The second-order valence-electron chi connectivity index (χ2n) is 5.33. The number of phenols is 1. The number of anilines is 1. The molecule has 1 heterocycles. The van der Waals surface area contributed by atoms with Crippen LogP contribution in [-0.4, -0.2) is 33.6 Å². The van der Waals surface area contributed by atoms with E-state index in [1.807, 2.05) is 0 Å². The molecule has 2 rings (SSSR count). The van der Waals surface area contributed by atoms with Gasteiger partial charge in [0.1, 0.15) is 11.3 Å². The van der Waals surface area contributed by atoms with Crippen LogP contribution in [-0.2, 0) is 12.4 Å². The normalized spacial score (nSPS) is 12.3. The molecule has 0 atom stereocenters. The van der Waals surface area contributed by atoms with Gasteiger partial charge in [0.25, 0.3) is 0 Å². The topological polar surface area (TPSA) is 78.3 Å². The van der Waals surface area contributed by atoms with Gasteiger partial charge in [-0.1, -0.05) is 0 Å². The SMILES string of the molecule is Cc1cc(C(F)(F)F)cc(O)c1-c1cc(C(F)(F)F)c(NCCO)nn1. The molecule has 0 aliphatic heterocycles. The summed E-state index contributed by atoms with van der Waals surface area (Å²) >= 11 is 0. The van der Waals surface area contributed by atoms with Gasteiger partial charge in [-0.25, -0.2) is 0 Å². The van der Waals surface area contributed by atoms with Crippen LogP contribution >= 0.6 is 0 Å². The fourth-order valence-electron chi connectivity index (χ4n) is 2.30. The predicted molar refractivity (Wildman–Crippen MR) is 79.4 cm³/mol. The second-order valence-corrected chi connectivity index (χ2v) is 5.33. The molecule has 1 aromatic heterocycles. The highest BCUT2D eigenvalue weighted by atomic mass is 19.4. The summed E-state index contributed by atoms with van der Waals surface area (Å²) in [5.74, 6) is -1.50. The predicted octanol–water partition coefficient (Wildman–Crippen LogP) is 3.60. The van der Waals surface area contributed by atoms with E-state index in [1.54, 1.807) is 0 Å². The zero-order valence-corrected chi connectivity index (χ0v) is 13.2. The van der Waals surface area contributed by atoms with Gasteiger partial charge >= 0.3 is 12.4 Å². The Morgan fingerprint density at radius 1 is 1.00 bits per heavy atom. The lowest BCUT2D eigenvalue weighted by Gasteiger charge is -2.16. The molecule has 2 aromatic rings. The van der Waals surface area contributed by atoms with Crippen molar-refractivity contribution in [2.75, 3.05) is 18.5 Å². The van der Waals surface area contributed by atoms with E-state index < -0.39 is 47.3 Å². The van der Waals surface area contributed by atoms with Crippen molar-refractivity contribution in [3.05, 3.63) is 34.9 Å². The third-order valence-corrected chi connectivity index (χ3v) is 3.40. The van der Waals surface area contributed by atoms with Gasteiger partial charge in [0.15, 0.2) is 5.82 Å². The summed E-state index contributed by atoms with van der Waals surface area (Å²) in [7, 11) is 0. The average molecular weight is 381 g/mol. The van der Waals surface area contributed by atoms with Crippen LogP contribution in [0.1, 0.15) is 16.7 Å². The monoisotopic (exact) mass is 381 g/mol. The van der Waals surface area contributed by atoms with Gasteiger partial charge in [-0.15, -0.1) is 10.2 Å². The molecule has 26 heavy (non-hydrogen) atoms. The number of aliphatic hydroxyl groups is 1. The number of hydrogen-bond donors (Lipinski definition) is 3. The van der Waals surface area contributed by atoms with Crippen LogP contribution in [0, 0.1) is 6.92 Å². The van der Waals surface area contributed by atoms with E-state index in [2.05, 4.69) is 15.5 Å². The molecule has 0 amide bonds. The zero-order valence-electron chi connectivity index (χ0n) is 13.2. The van der Waals surface area contributed by atoms with Crippen molar-refractivity contribution in [1.29, 1.82) is 0 Å². The number of rotatable bonds is 4. The largest absolute Gasteiger partial charge is 0.507 e. The van der Waals surface area contributed by atoms with Crippen LogP contribution in [0.15, 0.2) is 18.2 Å². The molecule has 0 unspecified atom stereocenters. The van der Waals surface area contributed by atoms with E-state index in [4.69, 9.17) is 5.11 Å². The fourth-order valence-corrected chi connectivity index (χ4v) is 2.30. The summed E-state index contributed by atoms with van der Waals surface area (Å²) in [6.07, 6.45) is -9.56. The highest BCUT2D eigenvalue weighted by molar-refractivity contribution is 5.72. The molecule has 0 aliphatic rings. The van der Waals surface area contributed by atoms with Crippen LogP contribution in [0.3, 0.4) is 0 Å². The Hall–Kier alpha value is -2.56. The molecule has 0 saturated heterocycles. The van der Waals surface area contributed by atoms with E-state index in [-0.39, 0.29) is 17.7 Å². The molecule has 0 saturated carbocycles. The van der Waals surface area contributed by atoms with Gasteiger partial charge in [0.2, 0.25) is 0 Å². The molecule has 0 aliphatic carbocycles. The van der Waals surface area contributed by atoms with E-state index in [9.17, 15) is 31.4 Å². The minimum atomic E-state index is -4.84. The Kier molecular flexibility index (Phi) is 5.31. The molecular weight excluding hydrogens is 368 g/mol. The number of aromatic nitrogens is 2. The van der Waals surface area contributed by atoms with Crippen LogP contribution in [0.4, 0.5) is 32.2 Å². The smallest absolute Gasteiger partial charge is 0.420 e. The van der Waals surface area contributed by atoms with Crippen molar-refractivity contribution in [2.45, 2.75) is 19.3 Å². The van der Waals surface area contributed by atoms with E-state index in [1.165, 1.54) is 6.92 Å². The lowest BCUT2D eigenvalue weighted by atomic mass is 9.99. The number of phenolic OH excluding ortho intramolecular Hbond substituents is 1. The second kappa shape index (κ2) is 6.98. The molecule has 3 N–H and O–H groups in total. The van der Waals surface area contributed by atoms with Crippen molar-refractivity contribution in [3.63, 3.8) is 0 Å². The Bertz CT molecular complexity index is 782. The Labute approximate surface area is 143 Å². The minimum Gasteiger partial charge on any atom is -0.507 e. The summed E-state index contributed by atoms with van der Waals surface area (Å²) in [5, 5.41) is 27.8. The molecule has 0 fully saturated rings. The van der Waals surface area contributed by atoms with Crippen molar-refractivity contribution in [2.24, 2.45) is 0 Å². The van der Waals surface area contributed by atoms with Gasteiger partial charge in [-0.05, 0) is 30.7 Å². The summed E-state index contributed by atoms with van der Waals surface area (Å²) in [5.41, 5.74) is -3.20.